The van der Waals surface area contributed by atoms with Crippen molar-refractivity contribution in [2.45, 2.75) is 44.3 Å². The average molecular weight is 298 g/mol. The molecular formula is C15H22O6. The van der Waals surface area contributed by atoms with E-state index in [-0.39, 0.29) is 37.4 Å². The van der Waals surface area contributed by atoms with Crippen molar-refractivity contribution < 1.29 is 28.5 Å². The number of ether oxygens (including phenoxy) is 4. The molecule has 2 rings (SSSR count). The van der Waals surface area contributed by atoms with E-state index in [4.69, 9.17) is 18.9 Å². The molecule has 2 saturated heterocycles. The number of carbonyl (C=O) groups excluding carboxylic acids is 2. The van der Waals surface area contributed by atoms with Crippen LogP contribution in [0.25, 0.3) is 0 Å². The zero-order valence-electron chi connectivity index (χ0n) is 12.2. The summed E-state index contributed by atoms with van der Waals surface area (Å²) in [6.07, 6.45) is 3.56. The summed E-state index contributed by atoms with van der Waals surface area (Å²) in [5.41, 5.74) is 0.102. The Kier molecular flexibility index (Phi) is 6.20. The Hall–Kier alpha value is -1.40. The van der Waals surface area contributed by atoms with Crippen molar-refractivity contribution in [2.24, 2.45) is 0 Å². The Bertz CT molecular complexity index is 380. The SMILES string of the molecule is C=C(CC(=O)OCC1CCCO1)C(=O)OCC1CCCO1. The first kappa shape index (κ1) is 16.0. The van der Waals surface area contributed by atoms with E-state index >= 15 is 0 Å². The Labute approximate surface area is 124 Å². The summed E-state index contributed by atoms with van der Waals surface area (Å²) >= 11 is 0. The Morgan fingerprint density at radius 1 is 1.00 bits per heavy atom. The van der Waals surface area contributed by atoms with Gasteiger partial charge in [0, 0.05) is 18.8 Å². The van der Waals surface area contributed by atoms with Crippen LogP contribution < -0.4 is 0 Å². The largest absolute Gasteiger partial charge is 0.463 e. The summed E-state index contributed by atoms with van der Waals surface area (Å²) in [6.45, 7) is 5.44. The highest BCUT2D eigenvalue weighted by molar-refractivity contribution is 5.93. The van der Waals surface area contributed by atoms with Crippen molar-refractivity contribution in [1.29, 1.82) is 0 Å². The van der Waals surface area contributed by atoms with E-state index in [1.165, 1.54) is 0 Å². The number of rotatable bonds is 7. The third kappa shape index (κ3) is 5.47. The van der Waals surface area contributed by atoms with Crippen LogP contribution in [0.2, 0.25) is 0 Å². The highest BCUT2D eigenvalue weighted by Crippen LogP contribution is 2.14. The Morgan fingerprint density at radius 3 is 2.10 bits per heavy atom. The highest BCUT2D eigenvalue weighted by Gasteiger charge is 2.21. The summed E-state index contributed by atoms with van der Waals surface area (Å²) in [5, 5.41) is 0. The lowest BCUT2D eigenvalue weighted by Crippen LogP contribution is -2.21. The molecule has 2 aliphatic rings. The quantitative estimate of drug-likeness (QED) is 0.522. The molecule has 6 heteroatoms. The van der Waals surface area contributed by atoms with E-state index in [0.29, 0.717) is 13.2 Å². The van der Waals surface area contributed by atoms with Crippen molar-refractivity contribution in [2.75, 3.05) is 26.4 Å². The zero-order valence-corrected chi connectivity index (χ0v) is 12.2. The van der Waals surface area contributed by atoms with Crippen LogP contribution in [-0.4, -0.2) is 50.6 Å². The molecule has 118 valence electrons. The van der Waals surface area contributed by atoms with Gasteiger partial charge < -0.3 is 18.9 Å². The fourth-order valence-electron chi connectivity index (χ4n) is 2.31. The molecule has 2 unspecified atom stereocenters. The van der Waals surface area contributed by atoms with Crippen LogP contribution in [0.4, 0.5) is 0 Å². The molecule has 2 heterocycles. The Balaban J connectivity index is 1.60. The molecule has 0 aliphatic carbocycles. The van der Waals surface area contributed by atoms with Crippen LogP contribution >= 0.6 is 0 Å². The monoisotopic (exact) mass is 298 g/mol. The second-order valence-electron chi connectivity index (χ2n) is 5.33. The molecule has 0 aromatic rings. The minimum absolute atomic E-state index is 0.0197. The summed E-state index contributed by atoms with van der Waals surface area (Å²) in [7, 11) is 0. The molecule has 0 amide bonds. The lowest BCUT2D eigenvalue weighted by Gasteiger charge is -2.12. The fraction of sp³-hybridized carbons (Fsp3) is 0.733. The van der Waals surface area contributed by atoms with Crippen LogP contribution in [0.1, 0.15) is 32.1 Å². The fourth-order valence-corrected chi connectivity index (χ4v) is 2.31. The predicted octanol–water partition coefficient (Wildman–Crippen LogP) is 1.38. The minimum Gasteiger partial charge on any atom is -0.463 e. The number of hydrogen-bond donors (Lipinski definition) is 0. The summed E-state index contributed by atoms with van der Waals surface area (Å²) in [4.78, 5) is 23.3. The smallest absolute Gasteiger partial charge is 0.334 e. The van der Waals surface area contributed by atoms with Gasteiger partial charge in [0.1, 0.15) is 13.2 Å². The van der Waals surface area contributed by atoms with Gasteiger partial charge in [-0.1, -0.05) is 6.58 Å². The third-order valence-corrected chi connectivity index (χ3v) is 3.52. The molecule has 0 saturated carbocycles. The van der Waals surface area contributed by atoms with Crippen molar-refractivity contribution in [3.8, 4) is 0 Å². The maximum Gasteiger partial charge on any atom is 0.334 e. The number of hydrogen-bond acceptors (Lipinski definition) is 6. The zero-order chi connectivity index (χ0) is 15.1. The van der Waals surface area contributed by atoms with Gasteiger partial charge in [-0.25, -0.2) is 4.79 Å². The number of carbonyl (C=O) groups is 2. The van der Waals surface area contributed by atoms with Gasteiger partial charge in [0.25, 0.3) is 0 Å². The van der Waals surface area contributed by atoms with E-state index in [9.17, 15) is 9.59 Å². The Morgan fingerprint density at radius 2 is 1.57 bits per heavy atom. The highest BCUT2D eigenvalue weighted by atomic mass is 16.6. The first-order valence-electron chi connectivity index (χ1n) is 7.39. The van der Waals surface area contributed by atoms with Crippen LogP contribution in [0, 0.1) is 0 Å². The standard InChI is InChI=1S/C15H22O6/c1-11(15(17)21-10-13-5-3-7-19-13)8-14(16)20-9-12-4-2-6-18-12/h12-13H,1-10H2. The van der Waals surface area contributed by atoms with Gasteiger partial charge in [-0.3, -0.25) is 4.79 Å². The second kappa shape index (κ2) is 8.14. The molecule has 21 heavy (non-hydrogen) atoms. The van der Waals surface area contributed by atoms with Crippen molar-refractivity contribution in [1.82, 2.24) is 0 Å². The molecule has 2 atom stereocenters. The van der Waals surface area contributed by atoms with E-state index in [1.807, 2.05) is 0 Å². The minimum atomic E-state index is -0.570. The van der Waals surface area contributed by atoms with E-state index in [0.717, 1.165) is 25.7 Å². The molecule has 2 fully saturated rings. The molecule has 2 aliphatic heterocycles. The third-order valence-electron chi connectivity index (χ3n) is 3.52. The average Bonchev–Trinajstić information content (AvgIpc) is 3.15. The van der Waals surface area contributed by atoms with Gasteiger partial charge in [0.05, 0.1) is 18.6 Å². The van der Waals surface area contributed by atoms with Gasteiger partial charge in [0.15, 0.2) is 0 Å². The first-order chi connectivity index (χ1) is 10.1. The van der Waals surface area contributed by atoms with Crippen LogP contribution in [0.5, 0.6) is 0 Å². The lowest BCUT2D eigenvalue weighted by molar-refractivity contribution is -0.149. The van der Waals surface area contributed by atoms with E-state index in [1.54, 1.807) is 0 Å². The molecule has 0 radical (unpaired) electrons. The second-order valence-corrected chi connectivity index (χ2v) is 5.33. The summed E-state index contributed by atoms with van der Waals surface area (Å²) < 4.78 is 20.8. The van der Waals surface area contributed by atoms with Crippen LogP contribution in [-0.2, 0) is 28.5 Å². The molecule has 0 N–H and O–H groups in total. The lowest BCUT2D eigenvalue weighted by atomic mass is 10.2. The normalized spacial score (nSPS) is 24.8. The van der Waals surface area contributed by atoms with Crippen molar-refractivity contribution in [3.05, 3.63) is 12.2 Å². The molecule has 0 bridgehead atoms. The van der Waals surface area contributed by atoms with Crippen molar-refractivity contribution >= 4 is 11.9 Å². The van der Waals surface area contributed by atoms with Gasteiger partial charge in [-0.15, -0.1) is 0 Å². The summed E-state index contributed by atoms with van der Waals surface area (Å²) in [6, 6.07) is 0. The predicted molar refractivity (Wildman–Crippen MR) is 73.6 cm³/mol. The molecule has 0 aromatic carbocycles. The van der Waals surface area contributed by atoms with Gasteiger partial charge >= 0.3 is 11.9 Å². The topological polar surface area (TPSA) is 71.1 Å². The van der Waals surface area contributed by atoms with Crippen LogP contribution in [0.15, 0.2) is 12.2 Å². The van der Waals surface area contributed by atoms with Gasteiger partial charge in [0.2, 0.25) is 0 Å². The molecular weight excluding hydrogens is 276 g/mol. The summed E-state index contributed by atoms with van der Waals surface area (Å²) in [5.74, 6) is -1.05. The van der Waals surface area contributed by atoms with Gasteiger partial charge in [-0.05, 0) is 25.7 Å². The molecule has 0 spiro atoms. The van der Waals surface area contributed by atoms with E-state index < -0.39 is 11.9 Å². The first-order valence-corrected chi connectivity index (χ1v) is 7.39. The van der Waals surface area contributed by atoms with Crippen LogP contribution in [0.3, 0.4) is 0 Å². The van der Waals surface area contributed by atoms with E-state index in [2.05, 4.69) is 6.58 Å². The van der Waals surface area contributed by atoms with Crippen molar-refractivity contribution in [3.63, 3.8) is 0 Å². The number of esters is 2. The molecule has 0 aromatic heterocycles. The maximum atomic E-state index is 11.7. The molecule has 6 nitrogen and oxygen atoms in total. The maximum absolute atomic E-state index is 11.7. The van der Waals surface area contributed by atoms with Gasteiger partial charge in [-0.2, -0.15) is 0 Å².